The predicted octanol–water partition coefficient (Wildman–Crippen LogP) is -3.13. The molecule has 8 aromatic carbocycles. The molecule has 0 saturated carbocycles. The van der Waals surface area contributed by atoms with E-state index in [4.69, 9.17) is 129 Å². The van der Waals surface area contributed by atoms with Gasteiger partial charge in [0.15, 0.2) is 17.5 Å². The van der Waals surface area contributed by atoms with Crippen LogP contribution in [0.5, 0.6) is 0 Å². The van der Waals surface area contributed by atoms with Crippen molar-refractivity contribution < 1.29 is 4.42 Å². The maximum absolute atomic E-state index is 7.30. The number of furan rings is 1. The van der Waals surface area contributed by atoms with E-state index in [0.717, 1.165) is 21.9 Å². The van der Waals surface area contributed by atoms with Crippen LogP contribution in [0, 0.1) is 0 Å². The Kier molecular flexibility index (Phi) is 11.1. The molecule has 0 saturated heterocycles. The molecule has 5 nitrogen and oxygen atoms in total. The number of hydrogen-bond acceptors (Lipinski definition) is 4. The number of aromatic nitrogens is 4. The molecule has 0 atom stereocenters. The highest BCUT2D eigenvalue weighted by atomic mass is 16.3. The zero-order valence-electron chi connectivity index (χ0n) is 38.1. The van der Waals surface area contributed by atoms with Gasteiger partial charge in [0.05, 0.1) is 0 Å². The Morgan fingerprint density at radius 1 is 0.479 bits per heavy atom. The van der Waals surface area contributed by atoms with Crippen molar-refractivity contribution in [2.45, 2.75) is 6.92 Å². The molecular formula is C52H20B14N4O. The van der Waals surface area contributed by atoms with Gasteiger partial charge in [0.25, 0.3) is 0 Å². The molecule has 0 fully saturated rings. The minimum absolute atomic E-state index is 0.00798. The highest BCUT2D eigenvalue weighted by Gasteiger charge is 2.31. The molecule has 0 bridgehead atoms. The lowest BCUT2D eigenvalue weighted by molar-refractivity contribution is 0.669. The molecule has 0 N–H and O–H groups in total. The van der Waals surface area contributed by atoms with Gasteiger partial charge in [0, 0.05) is 55.0 Å². The molecule has 3 heterocycles. The summed E-state index contributed by atoms with van der Waals surface area (Å²) in [5, 5.41) is 4.09. The van der Waals surface area contributed by atoms with E-state index in [-0.39, 0.29) is 87.7 Å². The van der Waals surface area contributed by atoms with Gasteiger partial charge < -0.3 is 8.98 Å². The summed E-state index contributed by atoms with van der Waals surface area (Å²) in [5.41, 5.74) is 5.56. The van der Waals surface area contributed by atoms with Crippen LogP contribution < -0.4 is 76.5 Å². The number of hydrogen-bond donors (Lipinski definition) is 0. The van der Waals surface area contributed by atoms with Gasteiger partial charge in [0.2, 0.25) is 0 Å². The molecule has 0 aliphatic rings. The number of rotatable bonds is 7. The summed E-state index contributed by atoms with van der Waals surface area (Å²) in [4.78, 5) is 14.7. The molecule has 71 heavy (non-hydrogen) atoms. The second kappa shape index (κ2) is 17.0. The van der Waals surface area contributed by atoms with E-state index in [0.29, 0.717) is 83.2 Å². The molecule has 3 aromatic heterocycles. The van der Waals surface area contributed by atoms with Crippen molar-refractivity contribution in [1.29, 1.82) is 0 Å². The third-order valence-corrected chi connectivity index (χ3v) is 13.5. The molecular weight excluding hydrogens is 848 g/mol. The molecule has 296 valence electrons. The topological polar surface area (TPSA) is 56.7 Å². The minimum Gasteiger partial charge on any atom is -0.456 e. The van der Waals surface area contributed by atoms with Crippen LogP contribution >= 0.6 is 0 Å². The Balaban J connectivity index is 1.22. The Hall–Kier alpha value is -6.72. The van der Waals surface area contributed by atoms with Crippen molar-refractivity contribution in [3.05, 3.63) is 103 Å². The largest absolute Gasteiger partial charge is 0.456 e. The van der Waals surface area contributed by atoms with Crippen LogP contribution in [0.3, 0.4) is 0 Å². The monoisotopic (exact) mass is 870 g/mol. The van der Waals surface area contributed by atoms with Crippen LogP contribution in [0.25, 0.3) is 110 Å². The lowest BCUT2D eigenvalue weighted by atomic mass is 9.61. The lowest BCUT2D eigenvalue weighted by Gasteiger charge is -2.25. The van der Waals surface area contributed by atoms with E-state index in [9.17, 15) is 0 Å². The van der Waals surface area contributed by atoms with E-state index in [2.05, 4.69) is 6.58 Å². The molecule has 28 radical (unpaired) electrons. The quantitative estimate of drug-likeness (QED) is 0.0969. The van der Waals surface area contributed by atoms with Crippen molar-refractivity contribution >= 4 is 257 Å². The average molecular weight is 868 g/mol. The Morgan fingerprint density at radius 2 is 0.944 bits per heavy atom. The van der Waals surface area contributed by atoms with Gasteiger partial charge in [-0.1, -0.05) is 117 Å². The first-order valence-electron chi connectivity index (χ1n) is 22.1. The van der Waals surface area contributed by atoms with E-state index < -0.39 is 0 Å². The first kappa shape index (κ1) is 46.7. The maximum atomic E-state index is 7.30. The van der Waals surface area contributed by atoms with Gasteiger partial charge in [-0.3, -0.25) is 0 Å². The lowest BCUT2D eigenvalue weighted by Crippen LogP contribution is -2.56. The first-order valence-corrected chi connectivity index (χ1v) is 22.1. The number of benzene rings is 8. The molecule has 0 unspecified atom stereocenters. The summed E-state index contributed by atoms with van der Waals surface area (Å²) < 4.78 is 8.32. The van der Waals surface area contributed by atoms with E-state index in [1.165, 1.54) is 0 Å². The first-order chi connectivity index (χ1) is 34.0. The standard InChI is InChI=1S/C52H20B14N4O/c1-3-8-18(9-4-2)50-67-51(19-10-6-5-7-11-19)69-52(68-50)21-13-15-23-22-14-12-20(16-24(22)71-25(23)17-21)26-27-28-29(35(55)38(58)37(57)34(28)54)30-32-31(27)47(43(63)33(26)53)70(48(32)44(64)39(59)36(30)56)49-45(65)41(61)40(60)42(62)46(49)66/h3-17H,1H2,2H3/b9-4-,18-8+. The van der Waals surface area contributed by atoms with Crippen LogP contribution in [0.4, 0.5) is 0 Å². The van der Waals surface area contributed by atoms with Crippen LogP contribution in [0.1, 0.15) is 12.7 Å². The van der Waals surface area contributed by atoms with E-state index in [1.54, 1.807) is 10.6 Å². The van der Waals surface area contributed by atoms with Crippen LogP contribution in [0.15, 0.2) is 102 Å². The minimum atomic E-state index is -0.0278. The van der Waals surface area contributed by atoms with Crippen LogP contribution in [-0.4, -0.2) is 129 Å². The second-order valence-electron chi connectivity index (χ2n) is 17.4. The van der Waals surface area contributed by atoms with Gasteiger partial charge in [-0.25, -0.2) is 15.0 Å². The van der Waals surface area contributed by atoms with Crippen molar-refractivity contribution in [2.75, 3.05) is 0 Å². The average Bonchev–Trinajstić information content (AvgIpc) is 3.92. The number of allylic oxidation sites excluding steroid dienone is 5. The smallest absolute Gasteiger partial charge is 0.164 e. The summed E-state index contributed by atoms with van der Waals surface area (Å²) in [5.74, 6) is 1.42. The summed E-state index contributed by atoms with van der Waals surface area (Å²) in [6, 6.07) is 21.2. The van der Waals surface area contributed by atoms with Crippen LogP contribution in [-0.2, 0) is 0 Å². The van der Waals surface area contributed by atoms with E-state index >= 15 is 0 Å². The Morgan fingerprint density at radius 3 is 1.52 bits per heavy atom. The van der Waals surface area contributed by atoms with Crippen molar-refractivity contribution in [3.8, 4) is 39.6 Å². The fourth-order valence-corrected chi connectivity index (χ4v) is 10.0. The summed E-state index contributed by atoms with van der Waals surface area (Å²) in [6.45, 7) is 5.82. The Labute approximate surface area is 428 Å². The van der Waals surface area contributed by atoms with Crippen LogP contribution in [0.2, 0.25) is 0 Å². The van der Waals surface area contributed by atoms with Gasteiger partial charge in [-0.2, -0.15) is 0 Å². The molecule has 19 heteroatoms. The molecule has 0 spiro atoms. The van der Waals surface area contributed by atoms with Gasteiger partial charge in [0.1, 0.15) is 121 Å². The molecule has 0 amide bonds. The fourth-order valence-electron chi connectivity index (χ4n) is 10.0. The molecule has 0 aliphatic heterocycles. The van der Waals surface area contributed by atoms with Crippen molar-refractivity contribution in [2.24, 2.45) is 0 Å². The number of fused-ring (bicyclic) bond motifs is 6. The normalized spacial score (nSPS) is 12.3. The van der Waals surface area contributed by atoms with Gasteiger partial charge in [-0.15, -0.1) is 32.8 Å². The van der Waals surface area contributed by atoms with Gasteiger partial charge >= 0.3 is 0 Å². The summed E-state index contributed by atoms with van der Waals surface area (Å²) in [6.07, 6.45) is 7.38. The summed E-state index contributed by atoms with van der Waals surface area (Å²) in [7, 11) is 95.3. The second-order valence-corrected chi connectivity index (χ2v) is 17.4. The predicted molar refractivity (Wildman–Crippen MR) is 312 cm³/mol. The number of nitrogens with zero attached hydrogens (tertiary/aromatic N) is 4. The Bertz CT molecular complexity index is 4230. The highest BCUT2D eigenvalue weighted by Crippen LogP contribution is 2.44. The van der Waals surface area contributed by atoms with E-state index in [1.807, 2.05) is 91.9 Å². The van der Waals surface area contributed by atoms with Crippen molar-refractivity contribution in [1.82, 2.24) is 19.5 Å². The molecule has 11 rings (SSSR count). The SMILES string of the molecule is [B]c1c([B])c([B])c(-n2c3c([B])c([B])c([B])c4c5c([B])c([B])c([B])c([B])c5c5c(-c6ccc7c(c6)oc6cc(-c8nc(C(/C=C\C)=C/C=C)nc(-c9ccccc9)n8)ccc67)c([B])c([B])c2c5c43)c([B])c1[B]. The zero-order chi connectivity index (χ0) is 50.2. The maximum Gasteiger partial charge on any atom is 0.164 e. The fraction of sp³-hybridized carbons (Fsp3) is 0.0192. The molecule has 0 aliphatic carbocycles. The third kappa shape index (κ3) is 6.63. The highest BCUT2D eigenvalue weighted by molar-refractivity contribution is 6.74. The van der Waals surface area contributed by atoms with Crippen molar-refractivity contribution in [3.63, 3.8) is 0 Å². The van der Waals surface area contributed by atoms with Gasteiger partial charge in [-0.05, 0) is 63.9 Å². The summed E-state index contributed by atoms with van der Waals surface area (Å²) >= 11 is 0. The third-order valence-electron chi connectivity index (χ3n) is 13.5. The molecule has 11 aromatic rings. The zero-order valence-corrected chi connectivity index (χ0v) is 38.1.